The topological polar surface area (TPSA) is 83.6 Å². The van der Waals surface area contributed by atoms with Crippen molar-refractivity contribution in [1.82, 2.24) is 9.88 Å². The van der Waals surface area contributed by atoms with Gasteiger partial charge < -0.3 is 14.4 Å². The molecular formula is C24H18N2O4S2. The highest BCUT2D eigenvalue weighted by Crippen LogP contribution is 2.42. The summed E-state index contributed by atoms with van der Waals surface area (Å²) in [4.78, 5) is 34.0. The van der Waals surface area contributed by atoms with Gasteiger partial charge in [0.1, 0.15) is 16.8 Å². The smallest absolute Gasteiger partial charge is 0.290 e. The maximum atomic E-state index is 13.7. The molecule has 8 heteroatoms. The van der Waals surface area contributed by atoms with E-state index >= 15 is 0 Å². The molecule has 0 spiro atoms. The van der Waals surface area contributed by atoms with Gasteiger partial charge in [-0.25, -0.2) is 4.98 Å². The molecule has 0 radical (unpaired) electrons. The number of nitrogens with zero attached hydrogens (tertiary/aromatic N) is 2. The first kappa shape index (κ1) is 20.4. The number of hydrogen-bond acceptors (Lipinski definition) is 7. The van der Waals surface area contributed by atoms with Gasteiger partial charge in [0.25, 0.3) is 5.91 Å². The molecule has 1 atom stereocenters. The van der Waals surface area contributed by atoms with E-state index < -0.39 is 23.5 Å². The first-order chi connectivity index (χ1) is 15.5. The molecule has 0 fully saturated rings. The first-order valence-corrected chi connectivity index (χ1v) is 11.6. The Bertz CT molecular complexity index is 1310. The Kier molecular flexibility index (Phi) is 5.24. The van der Waals surface area contributed by atoms with Gasteiger partial charge in [0.2, 0.25) is 5.78 Å². The number of thiazole rings is 1. The van der Waals surface area contributed by atoms with Gasteiger partial charge in [-0.1, -0.05) is 36.4 Å². The minimum absolute atomic E-state index is 0.0212. The zero-order chi connectivity index (χ0) is 22.2. The third-order valence-electron chi connectivity index (χ3n) is 5.29. The van der Waals surface area contributed by atoms with Gasteiger partial charge in [-0.05, 0) is 30.5 Å². The second-order valence-electron chi connectivity index (χ2n) is 7.32. The van der Waals surface area contributed by atoms with Crippen molar-refractivity contribution in [1.29, 1.82) is 0 Å². The lowest BCUT2D eigenvalue weighted by molar-refractivity contribution is -0.130. The van der Waals surface area contributed by atoms with E-state index in [-0.39, 0.29) is 12.1 Å². The molecule has 0 aliphatic carbocycles. The zero-order valence-corrected chi connectivity index (χ0v) is 18.7. The maximum Gasteiger partial charge on any atom is 0.290 e. The molecule has 4 heterocycles. The number of amides is 1. The summed E-state index contributed by atoms with van der Waals surface area (Å²) in [6.07, 6.45) is 1.49. The quantitative estimate of drug-likeness (QED) is 0.380. The molecule has 3 aromatic heterocycles. The predicted octanol–water partition coefficient (Wildman–Crippen LogP) is 5.55. The first-order valence-electron chi connectivity index (χ1n) is 9.92. The van der Waals surface area contributed by atoms with E-state index in [1.807, 2.05) is 47.8 Å². The van der Waals surface area contributed by atoms with Gasteiger partial charge in [0.15, 0.2) is 5.76 Å². The van der Waals surface area contributed by atoms with Crippen molar-refractivity contribution in [3.63, 3.8) is 0 Å². The lowest BCUT2D eigenvalue weighted by Crippen LogP contribution is -2.30. The van der Waals surface area contributed by atoms with Crippen LogP contribution in [0.15, 0.2) is 82.0 Å². The summed E-state index contributed by atoms with van der Waals surface area (Å²) in [6, 6.07) is 16.0. The highest BCUT2D eigenvalue weighted by Gasteiger charge is 2.46. The van der Waals surface area contributed by atoms with Crippen LogP contribution in [0.4, 0.5) is 0 Å². The maximum absolute atomic E-state index is 13.7. The van der Waals surface area contributed by atoms with E-state index in [1.54, 1.807) is 19.1 Å². The largest absolute Gasteiger partial charge is 0.503 e. The van der Waals surface area contributed by atoms with Crippen molar-refractivity contribution in [2.24, 2.45) is 0 Å². The molecule has 0 saturated heterocycles. The fraction of sp³-hybridized carbons (Fsp3) is 0.125. The number of rotatable bonds is 6. The molecule has 1 aliphatic heterocycles. The van der Waals surface area contributed by atoms with Crippen molar-refractivity contribution < 1.29 is 19.1 Å². The van der Waals surface area contributed by atoms with Gasteiger partial charge in [0.05, 0.1) is 29.0 Å². The lowest BCUT2D eigenvalue weighted by atomic mass is 9.99. The molecule has 0 bridgehead atoms. The van der Waals surface area contributed by atoms with Gasteiger partial charge in [-0.15, -0.1) is 22.7 Å². The molecule has 0 saturated carbocycles. The Morgan fingerprint density at radius 2 is 1.97 bits per heavy atom. The van der Waals surface area contributed by atoms with Crippen LogP contribution in [0, 0.1) is 6.92 Å². The average molecular weight is 463 g/mol. The summed E-state index contributed by atoms with van der Waals surface area (Å²) < 4.78 is 5.58. The van der Waals surface area contributed by atoms with Crippen LogP contribution in [0.3, 0.4) is 0 Å². The fourth-order valence-electron chi connectivity index (χ4n) is 3.80. The summed E-state index contributed by atoms with van der Waals surface area (Å²) in [5, 5.41) is 13.4. The predicted molar refractivity (Wildman–Crippen MR) is 123 cm³/mol. The molecule has 1 N–H and O–H groups in total. The van der Waals surface area contributed by atoms with Crippen LogP contribution < -0.4 is 0 Å². The number of hydrogen-bond donors (Lipinski definition) is 1. The number of aromatic nitrogens is 1. The highest BCUT2D eigenvalue weighted by molar-refractivity contribution is 7.17. The average Bonchev–Trinajstić information content (AvgIpc) is 3.60. The van der Waals surface area contributed by atoms with Crippen LogP contribution in [0.25, 0.3) is 10.6 Å². The number of Topliss-reactive ketones (excluding diaryl/α,β-unsaturated/α-hetero) is 1. The molecule has 160 valence electrons. The SMILES string of the molecule is Cc1nc(-c2ccccc2)sc1C(=O)C1=C(O)C(=O)N(Cc2cccs2)C1c1ccco1. The van der Waals surface area contributed by atoms with Crippen LogP contribution in [0.5, 0.6) is 0 Å². The minimum atomic E-state index is -0.811. The summed E-state index contributed by atoms with van der Waals surface area (Å²) in [6.45, 7) is 2.02. The Balaban J connectivity index is 1.56. The lowest BCUT2D eigenvalue weighted by Gasteiger charge is -2.24. The molecule has 1 unspecified atom stereocenters. The summed E-state index contributed by atoms with van der Waals surface area (Å²) in [7, 11) is 0. The Morgan fingerprint density at radius 3 is 2.66 bits per heavy atom. The van der Waals surface area contributed by atoms with Gasteiger partial charge in [-0.2, -0.15) is 0 Å². The standard InChI is InChI=1S/C24H18N2O4S2/c1-14-22(32-23(25-14)15-7-3-2-4-8-15)20(27)18-19(17-10-5-11-30-17)26(24(29)21(18)28)13-16-9-6-12-31-16/h2-12,19,28H,13H2,1H3. The molecule has 6 nitrogen and oxygen atoms in total. The number of aryl methyl sites for hydroxylation is 1. The minimum Gasteiger partial charge on any atom is -0.503 e. The Labute approximate surface area is 192 Å². The molecule has 1 aliphatic rings. The number of furan rings is 1. The van der Waals surface area contributed by atoms with Gasteiger partial charge >= 0.3 is 0 Å². The van der Waals surface area contributed by atoms with Gasteiger partial charge in [0, 0.05) is 10.4 Å². The van der Waals surface area contributed by atoms with E-state index in [9.17, 15) is 14.7 Å². The summed E-state index contributed by atoms with van der Waals surface area (Å²) in [5.74, 6) is -1.12. The van der Waals surface area contributed by atoms with E-state index in [1.165, 1.54) is 33.8 Å². The summed E-state index contributed by atoms with van der Waals surface area (Å²) in [5.41, 5.74) is 1.48. The number of aliphatic hydroxyl groups excluding tert-OH is 1. The van der Waals surface area contributed by atoms with Crippen molar-refractivity contribution in [3.8, 4) is 10.6 Å². The molecule has 4 aromatic rings. The number of carbonyl (C=O) groups is 2. The second kappa shape index (κ2) is 8.22. The van der Waals surface area contributed by atoms with Crippen LogP contribution in [0.1, 0.15) is 32.0 Å². The Hall–Kier alpha value is -3.49. The molecule has 32 heavy (non-hydrogen) atoms. The zero-order valence-electron chi connectivity index (χ0n) is 17.0. The van der Waals surface area contributed by atoms with Crippen molar-refractivity contribution in [2.75, 3.05) is 0 Å². The molecular weight excluding hydrogens is 444 g/mol. The van der Waals surface area contributed by atoms with Crippen molar-refractivity contribution >= 4 is 34.4 Å². The van der Waals surface area contributed by atoms with E-state index in [0.29, 0.717) is 21.3 Å². The van der Waals surface area contributed by atoms with Gasteiger partial charge in [-0.3, -0.25) is 9.59 Å². The van der Waals surface area contributed by atoms with Crippen molar-refractivity contribution in [2.45, 2.75) is 19.5 Å². The number of benzene rings is 1. The third kappa shape index (κ3) is 3.47. The highest BCUT2D eigenvalue weighted by atomic mass is 32.1. The normalized spacial score (nSPS) is 16.2. The monoisotopic (exact) mass is 462 g/mol. The second-order valence-corrected chi connectivity index (χ2v) is 9.35. The summed E-state index contributed by atoms with van der Waals surface area (Å²) >= 11 is 2.76. The van der Waals surface area contributed by atoms with Crippen molar-refractivity contribution in [3.05, 3.63) is 98.8 Å². The number of thiophene rings is 1. The van der Waals surface area contributed by atoms with E-state index in [4.69, 9.17) is 4.42 Å². The number of carbonyl (C=O) groups excluding carboxylic acids is 2. The molecule has 5 rings (SSSR count). The molecule has 1 amide bonds. The number of ketones is 1. The number of aliphatic hydroxyl groups is 1. The van der Waals surface area contributed by atoms with E-state index in [0.717, 1.165) is 10.4 Å². The Morgan fingerprint density at radius 1 is 1.16 bits per heavy atom. The third-order valence-corrected chi connectivity index (χ3v) is 7.36. The van der Waals surface area contributed by atoms with E-state index in [2.05, 4.69) is 4.98 Å². The molecule has 1 aromatic carbocycles. The fourth-order valence-corrected chi connectivity index (χ4v) is 5.52. The van der Waals surface area contributed by atoms with Crippen LogP contribution >= 0.6 is 22.7 Å². The van der Waals surface area contributed by atoms with Crippen LogP contribution in [0.2, 0.25) is 0 Å². The van der Waals surface area contributed by atoms with Crippen LogP contribution in [-0.2, 0) is 11.3 Å². The van der Waals surface area contributed by atoms with Crippen LogP contribution in [-0.4, -0.2) is 26.7 Å².